The predicted molar refractivity (Wildman–Crippen MR) is 407 cm³/mol. The number of aliphatic hydroxyl groups excluding tert-OH is 1. The summed E-state index contributed by atoms with van der Waals surface area (Å²) in [5.41, 5.74) is 32.7. The second-order valence-electron chi connectivity index (χ2n) is 21.7. The molecule has 0 spiro atoms. The largest absolute Gasteiger partial charge is 0.411 e. The summed E-state index contributed by atoms with van der Waals surface area (Å²) >= 11 is 0. The molecule has 0 saturated carbocycles. The molecule has 0 unspecified atom stereocenters. The van der Waals surface area contributed by atoms with Gasteiger partial charge >= 0.3 is 0 Å². The first-order valence-corrected chi connectivity index (χ1v) is 31.1. The molecule has 0 aliphatic heterocycles. The Bertz CT molecular complexity index is 6050. The number of aromatic nitrogens is 21. The number of hydrogen-bond acceptors (Lipinski definition) is 31. The van der Waals surface area contributed by atoms with E-state index in [2.05, 4.69) is 116 Å². The number of nitrogen functional groups attached to an aromatic ring is 5. The number of halogens is 7. The lowest BCUT2D eigenvalue weighted by molar-refractivity contribution is -0.115. The smallest absolute Gasteiger partial charge is 0.280 e. The molecule has 5 aromatic carbocycles. The first-order chi connectivity index (χ1) is 52.7. The number of hydrogen-bond donors (Lipinski definition) is 12. The van der Waals surface area contributed by atoms with Gasteiger partial charge in [-0.2, -0.15) is 35.0 Å². The highest BCUT2D eigenvalue weighted by molar-refractivity contribution is 6.35. The summed E-state index contributed by atoms with van der Waals surface area (Å²) in [4.78, 5) is 140. The molecule has 15 rings (SSSR count). The molecular formula is C68H58Cl2F5N29O8. The van der Waals surface area contributed by atoms with Crippen LogP contribution in [-0.2, 0) is 9.59 Å². The summed E-state index contributed by atoms with van der Waals surface area (Å²) in [5, 5.41) is 26.5. The van der Waals surface area contributed by atoms with Crippen LogP contribution >= 0.6 is 24.8 Å². The molecule has 0 radical (unpaired) electrons. The summed E-state index contributed by atoms with van der Waals surface area (Å²) < 4.78 is 65.6. The number of aromatic amines is 3. The Morgan fingerprint density at radius 1 is 0.473 bits per heavy atom. The first kappa shape index (κ1) is 83.9. The number of aliphatic hydroxyl groups is 1. The third kappa shape index (κ3) is 22.4. The van der Waals surface area contributed by atoms with E-state index in [1.54, 1.807) is 61.7 Å². The quantitative estimate of drug-likeness (QED) is 0.0230. The van der Waals surface area contributed by atoms with E-state index in [4.69, 9.17) is 39.0 Å². The fraction of sp³-hybridized carbons (Fsp3) is 0.0588. The Balaban J connectivity index is 0.000000189. The summed E-state index contributed by atoms with van der Waals surface area (Å²) in [7, 11) is 1.00. The molecule has 37 nitrogen and oxygen atoms in total. The van der Waals surface area contributed by atoms with Crippen LogP contribution in [0, 0.1) is 36.0 Å². The monoisotopic (exact) mass is 1570 g/mol. The maximum Gasteiger partial charge on any atom is 0.280 e. The number of benzene rings is 5. The van der Waals surface area contributed by atoms with Crippen LogP contribution < -0.4 is 56.0 Å². The van der Waals surface area contributed by atoms with Gasteiger partial charge in [0.2, 0.25) is 47.3 Å². The van der Waals surface area contributed by atoms with E-state index in [0.29, 0.717) is 67.7 Å². The highest BCUT2D eigenvalue weighted by Gasteiger charge is 2.17. The maximum absolute atomic E-state index is 13.1. The van der Waals surface area contributed by atoms with Crippen molar-refractivity contribution in [1.82, 2.24) is 104 Å². The lowest BCUT2D eigenvalue weighted by atomic mass is 10.1. The van der Waals surface area contributed by atoms with E-state index in [1.165, 1.54) is 123 Å². The van der Waals surface area contributed by atoms with Gasteiger partial charge < -0.3 is 39.0 Å². The zero-order valence-corrected chi connectivity index (χ0v) is 59.7. The molecule has 112 heavy (non-hydrogen) atoms. The van der Waals surface area contributed by atoms with Gasteiger partial charge in [-0.3, -0.25) is 54.4 Å². The second-order valence-corrected chi connectivity index (χ2v) is 21.7. The Morgan fingerprint density at radius 3 is 1.29 bits per heavy atom. The molecule has 15 aromatic rings. The third-order valence-corrected chi connectivity index (χ3v) is 13.9. The summed E-state index contributed by atoms with van der Waals surface area (Å²) in [6.07, 6.45) is 9.55. The molecule has 0 aliphatic carbocycles. The number of ketones is 1. The van der Waals surface area contributed by atoms with Crippen molar-refractivity contribution >= 4 is 135 Å². The number of H-pyrrole nitrogens is 3. The van der Waals surface area contributed by atoms with Crippen molar-refractivity contribution in [3.63, 3.8) is 0 Å². The zero-order chi connectivity index (χ0) is 79.3. The number of anilines is 7. The normalized spacial score (nSPS) is 10.3. The minimum Gasteiger partial charge on any atom is -0.411 e. The Morgan fingerprint density at radius 2 is 0.866 bits per heavy atom. The Kier molecular flexibility index (Phi) is 29.1. The molecule has 2 amide bonds. The lowest BCUT2D eigenvalue weighted by Gasteiger charge is -2.08. The van der Waals surface area contributed by atoms with Gasteiger partial charge in [0, 0.05) is 48.8 Å². The van der Waals surface area contributed by atoms with Gasteiger partial charge in [0.15, 0.2) is 50.8 Å². The van der Waals surface area contributed by atoms with Gasteiger partial charge in [0.05, 0.1) is 53.3 Å². The highest BCUT2D eigenvalue weighted by Crippen LogP contribution is 2.25. The molecule has 10 heterocycles. The number of carbonyl (C=O) groups is 3. The molecule has 10 aromatic heterocycles. The molecule has 44 heteroatoms. The van der Waals surface area contributed by atoms with Crippen LogP contribution in [0.25, 0.3) is 95.5 Å². The van der Waals surface area contributed by atoms with Crippen molar-refractivity contribution in [3.8, 4) is 50.8 Å². The van der Waals surface area contributed by atoms with E-state index in [-0.39, 0.29) is 135 Å². The minimum atomic E-state index is -0.523. The van der Waals surface area contributed by atoms with Crippen LogP contribution in [0.1, 0.15) is 29.9 Å². The van der Waals surface area contributed by atoms with Crippen molar-refractivity contribution < 1.29 is 46.6 Å². The van der Waals surface area contributed by atoms with Crippen LogP contribution in [0.15, 0.2) is 178 Å². The predicted octanol–water partition coefficient (Wildman–Crippen LogP) is 6.90. The van der Waals surface area contributed by atoms with Gasteiger partial charge in [0.25, 0.3) is 16.7 Å². The van der Waals surface area contributed by atoms with Gasteiger partial charge in [-0.1, -0.05) is 5.16 Å². The van der Waals surface area contributed by atoms with E-state index < -0.39 is 28.3 Å². The second kappa shape index (κ2) is 38.8. The molecule has 0 bridgehead atoms. The molecule has 0 fully saturated rings. The fourth-order valence-corrected chi connectivity index (χ4v) is 9.03. The van der Waals surface area contributed by atoms with E-state index in [9.17, 15) is 50.7 Å². The third-order valence-electron chi connectivity index (χ3n) is 13.9. The average molecular weight is 1580 g/mol. The van der Waals surface area contributed by atoms with Crippen molar-refractivity contribution in [1.29, 1.82) is 0 Å². The number of nitrogens with two attached hydrogens (primary N) is 5. The van der Waals surface area contributed by atoms with Gasteiger partial charge in [-0.15, -0.1) is 24.8 Å². The minimum absolute atomic E-state index is 0. The molecule has 572 valence electrons. The number of carbonyl (C=O) groups excluding carboxylic acids is 3. The number of oxime groups is 1. The van der Waals surface area contributed by atoms with E-state index >= 15 is 0 Å². The van der Waals surface area contributed by atoms with Crippen molar-refractivity contribution in [2.45, 2.75) is 20.8 Å². The highest BCUT2D eigenvalue weighted by atomic mass is 35.5. The summed E-state index contributed by atoms with van der Waals surface area (Å²) in [5.74, 6) is -2.39. The van der Waals surface area contributed by atoms with Crippen LogP contribution in [0.5, 0.6) is 0 Å². The first-order valence-electron chi connectivity index (χ1n) is 31.1. The number of nitrogens with one attached hydrogen (secondary N) is 5. The summed E-state index contributed by atoms with van der Waals surface area (Å²) in [6, 6.07) is 28.3. The number of amides is 2. The van der Waals surface area contributed by atoms with Gasteiger partial charge in [-0.25, -0.2) is 76.5 Å². The molecule has 17 N–H and O–H groups in total. The molecule has 0 aliphatic rings. The molecule has 0 saturated heterocycles. The van der Waals surface area contributed by atoms with Crippen molar-refractivity contribution in [3.05, 3.63) is 230 Å². The van der Waals surface area contributed by atoms with Crippen LogP contribution in [0.4, 0.5) is 63.2 Å². The maximum atomic E-state index is 13.1. The van der Waals surface area contributed by atoms with Gasteiger partial charge in [0.1, 0.15) is 59.2 Å². The van der Waals surface area contributed by atoms with Gasteiger partial charge in [-0.05, 0) is 128 Å². The molecule has 0 atom stereocenters. The summed E-state index contributed by atoms with van der Waals surface area (Å²) in [6.45, 7) is 4.45. The Hall–Kier alpha value is -15.3. The number of Topliss-reactive ketones (excluding diaryl/α,β-unsaturated/α-hetero) is 1. The molecular weight excluding hydrogens is 1520 g/mol. The van der Waals surface area contributed by atoms with E-state index in [0.717, 1.165) is 18.9 Å². The topological polar surface area (TPSA) is 581 Å². The Labute approximate surface area is 636 Å². The van der Waals surface area contributed by atoms with Crippen LogP contribution in [0.2, 0.25) is 0 Å². The lowest BCUT2D eigenvalue weighted by Crippen LogP contribution is -2.17. The standard InChI is InChI=1S/C16H11FN8O.C14H10FN5O2.C13H10FN5.C12H8FN5O.C8H6FNO2.C4H7N5O.CH4O.2ClH/c1-9(26)21-16-23-14-13(15(24-16)25-8-18-7-20-25)22-12(6-19-14)10-2-4-11(17)5-3-10;1-7(21)17-14-19-12-11(13(22)20-14)18-10(6-16-12)8-2-4-9(15)5-3-8;1-7-11-12(19-13(15)17-7)16-6-10(18-11)8-2-4-9(14)5-3-8;13-7-3-1-6(2-4-7)8-5-15-10-9(16-8)11(19)18-12(14)17-10;9-7-3-1-6(2-4-7)8(11)5-10-12;5-1-2(6)8-4(7)9-3(1)10;1-2;;/h2-8H,1H3,(H,19,21,23,24,26);2-6H,1H3,(H2,16,17,19,20,21,22);2-6H,1H3,(H2,15,16,17,19);1-5H,(H3,14,15,17,18,19);1-5,12H;5H2,(H5,6,7,8,9,10);2H,1H3;2*1H/b;;;;10-5+;;;;. The number of nitrogens with zero attached hydrogens (tertiary/aromatic N) is 19. The van der Waals surface area contributed by atoms with Crippen molar-refractivity contribution in [2.24, 2.45) is 5.16 Å². The fourth-order valence-electron chi connectivity index (χ4n) is 9.03. The number of rotatable bonds is 9. The van der Waals surface area contributed by atoms with Crippen LogP contribution in [0.3, 0.4) is 0 Å². The zero-order valence-electron chi connectivity index (χ0n) is 58.0. The number of aryl methyl sites for hydroxylation is 1. The van der Waals surface area contributed by atoms with Crippen LogP contribution in [-0.4, -0.2) is 146 Å². The van der Waals surface area contributed by atoms with E-state index in [1.807, 2.05) is 0 Å². The van der Waals surface area contributed by atoms with Crippen molar-refractivity contribution in [2.75, 3.05) is 46.4 Å². The SMILES string of the molecule is CC(=O)Nc1nc(-n2cncn2)c2nc(-c3ccc(F)cc3)cnc2n1.CC(=O)Nc1nc2ncc(-c3ccc(F)cc3)nc2c(=O)[nH]1.CO.Cc1nc(N)nc2ncc(-c3ccc(F)cc3)nc12.Cl.Cl.Nc1nc(N)c(N)c(=O)[nH]1.Nc1nc2ncc(-c3ccc(F)cc3)nc2c(=O)[nH]1.O=C(/C=N/O)c1ccc(F)cc1. The number of fused-ring (bicyclic) bond motifs is 4. The average Bonchev–Trinajstić information content (AvgIpc) is 1.24.